The highest BCUT2D eigenvalue weighted by molar-refractivity contribution is 5.97. The lowest BCUT2D eigenvalue weighted by atomic mass is 9.96. The summed E-state index contributed by atoms with van der Waals surface area (Å²) in [6, 6.07) is 20.0. The van der Waals surface area contributed by atoms with E-state index in [4.69, 9.17) is 0 Å². The van der Waals surface area contributed by atoms with Crippen LogP contribution in [0, 0.1) is 12.8 Å². The molecule has 1 aliphatic heterocycles. The van der Waals surface area contributed by atoms with Crippen molar-refractivity contribution in [3.05, 3.63) is 72.6 Å². The number of carbonyl (C=O) groups is 1. The zero-order chi connectivity index (χ0) is 19.3. The van der Waals surface area contributed by atoms with E-state index >= 15 is 0 Å². The number of carbonyl (C=O) groups excluding carboxylic acids is 1. The lowest BCUT2D eigenvalue weighted by Crippen LogP contribution is -2.41. The van der Waals surface area contributed by atoms with Crippen LogP contribution in [-0.4, -0.2) is 29.0 Å². The van der Waals surface area contributed by atoms with Crippen molar-refractivity contribution in [2.45, 2.75) is 19.8 Å². The standard InChI is InChI=1S/C23H24N4O/c1-17-13-14-24-23(25-17)27-15-7-10-19(16-27)22(28)26-21-12-6-5-11-20(21)18-8-3-2-4-9-18/h2-6,8-9,11-14,19H,7,10,15-16H2,1H3,(H,26,28)/t19-/m0/s1. The number of anilines is 2. The van der Waals surface area contributed by atoms with E-state index in [0.29, 0.717) is 12.5 Å². The Bertz CT molecular complexity index is 958. The number of amides is 1. The van der Waals surface area contributed by atoms with Crippen molar-refractivity contribution < 1.29 is 4.79 Å². The maximum Gasteiger partial charge on any atom is 0.229 e. The number of nitrogens with one attached hydrogen (secondary N) is 1. The molecule has 0 unspecified atom stereocenters. The van der Waals surface area contributed by atoms with E-state index in [-0.39, 0.29) is 11.8 Å². The normalized spacial score (nSPS) is 16.6. The molecule has 0 saturated carbocycles. The summed E-state index contributed by atoms with van der Waals surface area (Å²) < 4.78 is 0. The van der Waals surface area contributed by atoms with E-state index in [2.05, 4.69) is 32.3 Å². The Morgan fingerprint density at radius 3 is 2.68 bits per heavy atom. The lowest BCUT2D eigenvalue weighted by molar-refractivity contribution is -0.120. The lowest BCUT2D eigenvalue weighted by Gasteiger charge is -2.32. The van der Waals surface area contributed by atoms with Crippen molar-refractivity contribution in [1.29, 1.82) is 0 Å². The van der Waals surface area contributed by atoms with Gasteiger partial charge in [-0.2, -0.15) is 0 Å². The molecule has 0 spiro atoms. The van der Waals surface area contributed by atoms with Gasteiger partial charge in [0, 0.05) is 36.2 Å². The molecule has 1 N–H and O–H groups in total. The number of benzene rings is 2. The molecule has 1 fully saturated rings. The summed E-state index contributed by atoms with van der Waals surface area (Å²) >= 11 is 0. The second-order valence-corrected chi connectivity index (χ2v) is 7.18. The van der Waals surface area contributed by atoms with Crippen LogP contribution in [0.2, 0.25) is 0 Å². The zero-order valence-electron chi connectivity index (χ0n) is 16.0. The summed E-state index contributed by atoms with van der Waals surface area (Å²) in [6.07, 6.45) is 3.61. The van der Waals surface area contributed by atoms with Gasteiger partial charge in [-0.05, 0) is 37.5 Å². The summed E-state index contributed by atoms with van der Waals surface area (Å²) in [5, 5.41) is 3.16. The van der Waals surface area contributed by atoms with Gasteiger partial charge < -0.3 is 10.2 Å². The van der Waals surface area contributed by atoms with E-state index < -0.39 is 0 Å². The van der Waals surface area contributed by atoms with Crippen LogP contribution in [0.25, 0.3) is 11.1 Å². The SMILES string of the molecule is Cc1ccnc(N2CCC[C@H](C(=O)Nc3ccccc3-c3ccccc3)C2)n1. The molecule has 0 radical (unpaired) electrons. The van der Waals surface area contributed by atoms with Crippen LogP contribution < -0.4 is 10.2 Å². The van der Waals surface area contributed by atoms with Crippen LogP contribution in [0.3, 0.4) is 0 Å². The number of aromatic nitrogens is 2. The average molecular weight is 372 g/mol. The van der Waals surface area contributed by atoms with Gasteiger partial charge in [-0.1, -0.05) is 48.5 Å². The molecule has 5 nitrogen and oxygen atoms in total. The van der Waals surface area contributed by atoms with E-state index in [1.54, 1.807) is 6.20 Å². The van der Waals surface area contributed by atoms with Crippen molar-refractivity contribution in [3.63, 3.8) is 0 Å². The fourth-order valence-electron chi connectivity index (χ4n) is 3.66. The topological polar surface area (TPSA) is 58.1 Å². The Hall–Kier alpha value is -3.21. The number of aryl methyl sites for hydroxylation is 1. The summed E-state index contributed by atoms with van der Waals surface area (Å²) in [6.45, 7) is 3.48. The third-order valence-electron chi connectivity index (χ3n) is 5.13. The summed E-state index contributed by atoms with van der Waals surface area (Å²) in [7, 11) is 0. The minimum absolute atomic E-state index is 0.0562. The van der Waals surface area contributed by atoms with Crippen LogP contribution in [0.5, 0.6) is 0 Å². The van der Waals surface area contributed by atoms with Gasteiger partial charge >= 0.3 is 0 Å². The van der Waals surface area contributed by atoms with Crippen molar-refractivity contribution in [1.82, 2.24) is 9.97 Å². The van der Waals surface area contributed by atoms with E-state index in [1.165, 1.54) is 0 Å². The number of para-hydroxylation sites is 1. The number of piperidine rings is 1. The number of rotatable bonds is 4. The molecule has 3 aromatic rings. The molecular weight excluding hydrogens is 348 g/mol. The van der Waals surface area contributed by atoms with Crippen molar-refractivity contribution in [2.75, 3.05) is 23.3 Å². The van der Waals surface area contributed by atoms with Crippen LogP contribution in [-0.2, 0) is 4.79 Å². The van der Waals surface area contributed by atoms with Gasteiger partial charge in [0.1, 0.15) is 0 Å². The molecule has 0 aliphatic carbocycles. The first-order valence-corrected chi connectivity index (χ1v) is 9.70. The Morgan fingerprint density at radius 2 is 1.86 bits per heavy atom. The predicted octanol–water partition coefficient (Wildman–Crippen LogP) is 4.31. The minimum atomic E-state index is -0.0818. The second-order valence-electron chi connectivity index (χ2n) is 7.18. The van der Waals surface area contributed by atoms with E-state index in [9.17, 15) is 4.79 Å². The molecule has 1 aromatic heterocycles. The highest BCUT2D eigenvalue weighted by Gasteiger charge is 2.27. The van der Waals surface area contributed by atoms with Crippen molar-refractivity contribution in [2.24, 2.45) is 5.92 Å². The Balaban J connectivity index is 1.50. The van der Waals surface area contributed by atoms with Gasteiger partial charge in [-0.15, -0.1) is 0 Å². The first-order chi connectivity index (χ1) is 13.7. The second kappa shape index (κ2) is 8.21. The van der Waals surface area contributed by atoms with Crippen molar-refractivity contribution in [3.8, 4) is 11.1 Å². The molecule has 4 rings (SSSR count). The van der Waals surface area contributed by atoms with E-state index in [0.717, 1.165) is 41.9 Å². The van der Waals surface area contributed by atoms with Gasteiger partial charge in [-0.3, -0.25) is 4.79 Å². The van der Waals surface area contributed by atoms with Crippen LogP contribution in [0.4, 0.5) is 11.6 Å². The third-order valence-corrected chi connectivity index (χ3v) is 5.13. The van der Waals surface area contributed by atoms with Gasteiger partial charge in [-0.25, -0.2) is 9.97 Å². The minimum Gasteiger partial charge on any atom is -0.340 e. The van der Waals surface area contributed by atoms with Gasteiger partial charge in [0.2, 0.25) is 11.9 Å². The predicted molar refractivity (Wildman–Crippen MR) is 112 cm³/mol. The quantitative estimate of drug-likeness (QED) is 0.741. The Labute approximate surface area is 165 Å². The molecule has 142 valence electrons. The zero-order valence-corrected chi connectivity index (χ0v) is 16.0. The highest BCUT2D eigenvalue weighted by atomic mass is 16.1. The summed E-state index contributed by atoms with van der Waals surface area (Å²) in [5.41, 5.74) is 3.92. The molecule has 2 heterocycles. The molecule has 1 amide bonds. The summed E-state index contributed by atoms with van der Waals surface area (Å²) in [4.78, 5) is 24.0. The average Bonchev–Trinajstić information content (AvgIpc) is 2.75. The first-order valence-electron chi connectivity index (χ1n) is 9.70. The monoisotopic (exact) mass is 372 g/mol. The molecule has 5 heteroatoms. The largest absolute Gasteiger partial charge is 0.340 e. The first kappa shape index (κ1) is 18.2. The maximum absolute atomic E-state index is 13.0. The summed E-state index contributed by atoms with van der Waals surface area (Å²) in [5.74, 6) is 0.685. The van der Waals surface area contributed by atoms with Crippen LogP contribution in [0.15, 0.2) is 66.9 Å². The molecule has 2 aromatic carbocycles. The molecule has 1 aliphatic rings. The smallest absolute Gasteiger partial charge is 0.229 e. The van der Waals surface area contributed by atoms with Crippen LogP contribution in [0.1, 0.15) is 18.5 Å². The van der Waals surface area contributed by atoms with Gasteiger partial charge in [0.15, 0.2) is 0 Å². The molecular formula is C23H24N4O. The van der Waals surface area contributed by atoms with Gasteiger partial charge in [0.05, 0.1) is 5.92 Å². The van der Waals surface area contributed by atoms with E-state index in [1.807, 2.05) is 55.5 Å². The number of nitrogens with zero attached hydrogens (tertiary/aromatic N) is 3. The molecule has 1 atom stereocenters. The Kier molecular flexibility index (Phi) is 5.33. The number of hydrogen-bond acceptors (Lipinski definition) is 4. The number of hydrogen-bond donors (Lipinski definition) is 1. The van der Waals surface area contributed by atoms with Gasteiger partial charge in [0.25, 0.3) is 0 Å². The maximum atomic E-state index is 13.0. The van der Waals surface area contributed by atoms with Crippen molar-refractivity contribution >= 4 is 17.5 Å². The fourth-order valence-corrected chi connectivity index (χ4v) is 3.66. The highest BCUT2D eigenvalue weighted by Crippen LogP contribution is 2.29. The molecule has 0 bridgehead atoms. The Morgan fingerprint density at radius 1 is 1.07 bits per heavy atom. The molecule has 28 heavy (non-hydrogen) atoms. The fraction of sp³-hybridized carbons (Fsp3) is 0.261. The molecule has 1 saturated heterocycles. The third kappa shape index (κ3) is 4.03. The van der Waals surface area contributed by atoms with Crippen LogP contribution >= 0.6 is 0 Å².